The molecule has 0 unspecified atom stereocenters. The predicted molar refractivity (Wildman–Crippen MR) is 76.5 cm³/mol. The molecule has 0 spiro atoms. The van der Waals surface area contributed by atoms with Crippen LogP contribution in [0.25, 0.3) is 22.0 Å². The maximum atomic E-state index is 14.6. The van der Waals surface area contributed by atoms with E-state index in [1.54, 1.807) is 24.3 Å². The summed E-state index contributed by atoms with van der Waals surface area (Å²) < 4.78 is 33.2. The Morgan fingerprint density at radius 3 is 2.43 bits per heavy atom. The van der Waals surface area contributed by atoms with Crippen LogP contribution in [0.2, 0.25) is 0 Å². The number of rotatable bonds is 2. The van der Waals surface area contributed by atoms with E-state index in [2.05, 4.69) is 4.98 Å². The van der Waals surface area contributed by atoms with E-state index in [1.807, 2.05) is 0 Å². The molecule has 0 saturated carbocycles. The molecule has 0 radical (unpaired) electrons. The van der Waals surface area contributed by atoms with Gasteiger partial charge in [0.15, 0.2) is 0 Å². The first-order valence-corrected chi connectivity index (χ1v) is 6.26. The molecule has 0 amide bonds. The summed E-state index contributed by atoms with van der Waals surface area (Å²) >= 11 is 0. The van der Waals surface area contributed by atoms with Gasteiger partial charge in [-0.2, -0.15) is 0 Å². The number of hydrogen-bond acceptors (Lipinski definition) is 2. The van der Waals surface area contributed by atoms with Crippen molar-refractivity contribution in [3.63, 3.8) is 0 Å². The molecule has 21 heavy (non-hydrogen) atoms. The van der Waals surface area contributed by atoms with E-state index >= 15 is 0 Å². The van der Waals surface area contributed by atoms with Crippen LogP contribution < -0.4 is 10.3 Å². The minimum absolute atomic E-state index is 0.0421. The summed E-state index contributed by atoms with van der Waals surface area (Å²) in [5.74, 6) is -0.800. The molecule has 0 aliphatic heterocycles. The lowest BCUT2D eigenvalue weighted by Gasteiger charge is -2.07. The van der Waals surface area contributed by atoms with Crippen molar-refractivity contribution in [3.8, 4) is 16.9 Å². The minimum atomic E-state index is -0.738. The van der Waals surface area contributed by atoms with Gasteiger partial charge in [-0.05, 0) is 29.8 Å². The van der Waals surface area contributed by atoms with Gasteiger partial charge in [0, 0.05) is 5.39 Å². The first kappa shape index (κ1) is 13.3. The number of H-pyrrole nitrogens is 1. The van der Waals surface area contributed by atoms with Crippen LogP contribution in [0.15, 0.2) is 47.3 Å². The van der Waals surface area contributed by atoms with Crippen molar-refractivity contribution in [2.24, 2.45) is 0 Å². The van der Waals surface area contributed by atoms with E-state index in [0.717, 1.165) is 0 Å². The topological polar surface area (TPSA) is 42.1 Å². The van der Waals surface area contributed by atoms with Crippen LogP contribution >= 0.6 is 0 Å². The van der Waals surface area contributed by atoms with E-state index < -0.39 is 17.2 Å². The number of para-hydroxylation sites is 1. The summed E-state index contributed by atoms with van der Waals surface area (Å²) in [5, 5.41) is 0.0421. The molecule has 0 aliphatic rings. The number of nitrogens with one attached hydrogen (secondary N) is 1. The van der Waals surface area contributed by atoms with Gasteiger partial charge in [-0.25, -0.2) is 8.78 Å². The molecule has 0 fully saturated rings. The number of aromatic amines is 1. The molecular formula is C16H11F2NO2. The summed E-state index contributed by atoms with van der Waals surface area (Å²) in [4.78, 5) is 14.5. The molecule has 106 valence electrons. The third kappa shape index (κ3) is 2.16. The number of halogens is 2. The predicted octanol–water partition coefficient (Wildman–Crippen LogP) is 3.48. The first-order chi connectivity index (χ1) is 10.1. The lowest BCUT2D eigenvalue weighted by Crippen LogP contribution is -2.12. The van der Waals surface area contributed by atoms with Crippen molar-refractivity contribution < 1.29 is 13.5 Å². The highest BCUT2D eigenvalue weighted by atomic mass is 19.1. The lowest BCUT2D eigenvalue weighted by atomic mass is 10.0. The Balaban J connectivity index is 2.29. The molecule has 0 atom stereocenters. The monoisotopic (exact) mass is 287 g/mol. The Labute approximate surface area is 118 Å². The molecule has 1 aromatic heterocycles. The fourth-order valence-electron chi connectivity index (χ4n) is 2.26. The zero-order valence-corrected chi connectivity index (χ0v) is 11.1. The van der Waals surface area contributed by atoms with Crippen LogP contribution in [0.5, 0.6) is 5.75 Å². The highest BCUT2D eigenvalue weighted by molar-refractivity contribution is 5.84. The second-order valence-corrected chi connectivity index (χ2v) is 4.53. The zero-order chi connectivity index (χ0) is 15.0. The first-order valence-electron chi connectivity index (χ1n) is 6.26. The van der Waals surface area contributed by atoms with E-state index in [4.69, 9.17) is 4.74 Å². The van der Waals surface area contributed by atoms with Crippen LogP contribution in [0, 0.1) is 11.6 Å². The largest absolute Gasteiger partial charge is 0.497 e. The summed E-state index contributed by atoms with van der Waals surface area (Å²) in [6.45, 7) is 0. The maximum Gasteiger partial charge on any atom is 0.259 e. The molecule has 5 heteroatoms. The smallest absolute Gasteiger partial charge is 0.259 e. The molecule has 0 saturated heterocycles. The van der Waals surface area contributed by atoms with Gasteiger partial charge in [-0.15, -0.1) is 0 Å². The second-order valence-electron chi connectivity index (χ2n) is 4.53. The third-order valence-corrected chi connectivity index (χ3v) is 3.31. The van der Waals surface area contributed by atoms with Crippen molar-refractivity contribution in [1.82, 2.24) is 4.98 Å². The molecule has 3 nitrogen and oxygen atoms in total. The van der Waals surface area contributed by atoms with Crippen molar-refractivity contribution in [2.75, 3.05) is 7.11 Å². The van der Waals surface area contributed by atoms with Gasteiger partial charge in [0.1, 0.15) is 17.4 Å². The van der Waals surface area contributed by atoms with E-state index in [-0.39, 0.29) is 16.5 Å². The molecule has 1 N–H and O–H groups in total. The zero-order valence-electron chi connectivity index (χ0n) is 11.1. The standard InChI is InChI=1S/C16H11F2NO2/c1-21-10-7-5-9(6-8-10)13-14(18)11-3-2-4-12(17)15(11)19-16(13)20/h2-8H,1H3,(H,19,20). The summed E-state index contributed by atoms with van der Waals surface area (Å²) in [7, 11) is 1.52. The Kier molecular flexibility index (Phi) is 3.17. The van der Waals surface area contributed by atoms with Crippen molar-refractivity contribution in [3.05, 3.63) is 64.5 Å². The average molecular weight is 287 g/mol. The number of hydrogen-bond donors (Lipinski definition) is 1. The fraction of sp³-hybridized carbons (Fsp3) is 0.0625. The molecule has 1 heterocycles. The Bertz CT molecular complexity index is 870. The second kappa shape index (κ2) is 5.01. The van der Waals surface area contributed by atoms with E-state index in [9.17, 15) is 13.6 Å². The summed E-state index contributed by atoms with van der Waals surface area (Å²) in [6, 6.07) is 10.4. The molecule has 3 rings (SSSR count). The van der Waals surface area contributed by atoms with Crippen LogP contribution in [0.3, 0.4) is 0 Å². The van der Waals surface area contributed by atoms with Gasteiger partial charge in [-0.3, -0.25) is 4.79 Å². The van der Waals surface area contributed by atoms with E-state index in [1.165, 1.54) is 25.3 Å². The number of fused-ring (bicyclic) bond motifs is 1. The maximum absolute atomic E-state index is 14.6. The van der Waals surface area contributed by atoms with E-state index in [0.29, 0.717) is 11.3 Å². The fourth-order valence-corrected chi connectivity index (χ4v) is 2.26. The molecule has 3 aromatic rings. The van der Waals surface area contributed by atoms with Crippen LogP contribution in [0.4, 0.5) is 8.78 Å². The Hall–Kier alpha value is -2.69. The van der Waals surface area contributed by atoms with Crippen molar-refractivity contribution in [2.45, 2.75) is 0 Å². The molecular weight excluding hydrogens is 276 g/mol. The van der Waals surface area contributed by atoms with Crippen LogP contribution in [0.1, 0.15) is 0 Å². The van der Waals surface area contributed by atoms with Gasteiger partial charge >= 0.3 is 0 Å². The average Bonchev–Trinajstić information content (AvgIpc) is 2.49. The van der Waals surface area contributed by atoms with Crippen molar-refractivity contribution in [1.29, 1.82) is 0 Å². The van der Waals surface area contributed by atoms with Gasteiger partial charge in [0.25, 0.3) is 5.56 Å². The Morgan fingerprint density at radius 2 is 1.76 bits per heavy atom. The van der Waals surface area contributed by atoms with Crippen LogP contribution in [-0.2, 0) is 0 Å². The highest BCUT2D eigenvalue weighted by Gasteiger charge is 2.16. The quantitative estimate of drug-likeness (QED) is 0.784. The summed E-state index contributed by atoms with van der Waals surface area (Å²) in [6.07, 6.45) is 0. The van der Waals surface area contributed by atoms with Crippen LogP contribution in [-0.4, -0.2) is 12.1 Å². The summed E-state index contributed by atoms with van der Waals surface area (Å²) in [5.41, 5.74) is -0.510. The van der Waals surface area contributed by atoms with Gasteiger partial charge in [0.2, 0.25) is 0 Å². The van der Waals surface area contributed by atoms with Crippen molar-refractivity contribution >= 4 is 10.9 Å². The normalized spacial score (nSPS) is 10.8. The number of benzene rings is 2. The SMILES string of the molecule is COc1ccc(-c2c(F)c3cccc(F)c3[nH]c2=O)cc1. The Morgan fingerprint density at radius 1 is 1.05 bits per heavy atom. The number of aromatic nitrogens is 1. The van der Waals surface area contributed by atoms with Gasteiger partial charge < -0.3 is 9.72 Å². The molecule has 2 aromatic carbocycles. The third-order valence-electron chi connectivity index (χ3n) is 3.31. The molecule has 0 aliphatic carbocycles. The number of ether oxygens (including phenoxy) is 1. The molecule has 0 bridgehead atoms. The number of methoxy groups -OCH3 is 1. The van der Waals surface area contributed by atoms with Gasteiger partial charge in [-0.1, -0.05) is 18.2 Å². The minimum Gasteiger partial charge on any atom is -0.497 e. The van der Waals surface area contributed by atoms with Gasteiger partial charge in [0.05, 0.1) is 18.2 Å². The highest BCUT2D eigenvalue weighted by Crippen LogP contribution is 2.26. The lowest BCUT2D eigenvalue weighted by molar-refractivity contribution is 0.415. The number of pyridine rings is 1.